The molecule has 0 atom stereocenters. The lowest BCUT2D eigenvalue weighted by Crippen LogP contribution is -2.08. The number of halogens is 3. The van der Waals surface area contributed by atoms with Crippen LogP contribution in [0.4, 0.5) is 13.2 Å². The molecule has 20 heavy (non-hydrogen) atoms. The molecule has 0 amide bonds. The van der Waals surface area contributed by atoms with Crippen LogP contribution in [0.2, 0.25) is 0 Å². The maximum atomic E-state index is 12.6. The van der Waals surface area contributed by atoms with Crippen molar-refractivity contribution in [2.75, 3.05) is 0 Å². The highest BCUT2D eigenvalue weighted by Crippen LogP contribution is 2.32. The Labute approximate surface area is 115 Å². The standard InChI is InChI=1S/C14H16F3N3/c1-9(2)20-13(11(7-18)8-19-20)10-3-5-12(6-4-10)14(15,16)17/h3-6,8-9H,7,18H2,1-2H3. The minimum Gasteiger partial charge on any atom is -0.326 e. The summed E-state index contributed by atoms with van der Waals surface area (Å²) < 4.78 is 39.5. The summed E-state index contributed by atoms with van der Waals surface area (Å²) in [7, 11) is 0. The third-order valence-corrected chi connectivity index (χ3v) is 3.07. The Bertz CT molecular complexity index is 583. The Morgan fingerprint density at radius 1 is 1.20 bits per heavy atom. The first kappa shape index (κ1) is 14.6. The van der Waals surface area contributed by atoms with Crippen LogP contribution in [-0.4, -0.2) is 9.78 Å². The van der Waals surface area contributed by atoms with Crippen LogP contribution in [0.15, 0.2) is 30.5 Å². The van der Waals surface area contributed by atoms with Crippen LogP contribution in [-0.2, 0) is 12.7 Å². The van der Waals surface area contributed by atoms with Crippen LogP contribution < -0.4 is 5.73 Å². The van der Waals surface area contributed by atoms with Gasteiger partial charge in [-0.05, 0) is 26.0 Å². The van der Waals surface area contributed by atoms with Gasteiger partial charge in [0.1, 0.15) is 0 Å². The van der Waals surface area contributed by atoms with Gasteiger partial charge >= 0.3 is 6.18 Å². The summed E-state index contributed by atoms with van der Waals surface area (Å²) in [4.78, 5) is 0. The molecule has 3 nitrogen and oxygen atoms in total. The number of nitrogens with two attached hydrogens (primary N) is 1. The smallest absolute Gasteiger partial charge is 0.326 e. The lowest BCUT2D eigenvalue weighted by atomic mass is 10.1. The van der Waals surface area contributed by atoms with Gasteiger partial charge < -0.3 is 5.73 Å². The fourth-order valence-corrected chi connectivity index (χ4v) is 2.07. The average molecular weight is 283 g/mol. The highest BCUT2D eigenvalue weighted by Gasteiger charge is 2.30. The van der Waals surface area contributed by atoms with E-state index in [9.17, 15) is 13.2 Å². The van der Waals surface area contributed by atoms with Crippen molar-refractivity contribution in [1.82, 2.24) is 9.78 Å². The van der Waals surface area contributed by atoms with E-state index in [1.807, 2.05) is 13.8 Å². The summed E-state index contributed by atoms with van der Waals surface area (Å²) in [6.45, 7) is 4.21. The highest BCUT2D eigenvalue weighted by molar-refractivity contribution is 5.64. The maximum Gasteiger partial charge on any atom is 0.416 e. The van der Waals surface area contributed by atoms with Gasteiger partial charge in [-0.2, -0.15) is 18.3 Å². The molecule has 1 heterocycles. The number of nitrogens with zero attached hydrogens (tertiary/aromatic N) is 2. The topological polar surface area (TPSA) is 43.8 Å². The summed E-state index contributed by atoms with van der Waals surface area (Å²) in [5.74, 6) is 0. The largest absolute Gasteiger partial charge is 0.416 e. The third kappa shape index (κ3) is 2.70. The number of benzene rings is 1. The molecule has 0 unspecified atom stereocenters. The summed E-state index contributed by atoms with van der Waals surface area (Å²) in [5, 5.41) is 4.25. The minimum absolute atomic E-state index is 0.104. The molecule has 108 valence electrons. The van der Waals surface area contributed by atoms with E-state index in [-0.39, 0.29) is 6.04 Å². The number of aromatic nitrogens is 2. The van der Waals surface area contributed by atoms with Crippen LogP contribution in [0.1, 0.15) is 31.0 Å². The van der Waals surface area contributed by atoms with Gasteiger partial charge in [-0.1, -0.05) is 12.1 Å². The normalized spacial score (nSPS) is 12.2. The van der Waals surface area contributed by atoms with E-state index in [0.29, 0.717) is 12.1 Å². The fourth-order valence-electron chi connectivity index (χ4n) is 2.07. The molecule has 0 aliphatic carbocycles. The molecule has 0 saturated heterocycles. The SMILES string of the molecule is CC(C)n1ncc(CN)c1-c1ccc(C(F)(F)F)cc1. The molecule has 0 aliphatic heterocycles. The molecular formula is C14H16F3N3. The van der Waals surface area contributed by atoms with Crippen molar-refractivity contribution in [3.05, 3.63) is 41.6 Å². The molecule has 2 aromatic rings. The van der Waals surface area contributed by atoms with Crippen molar-refractivity contribution in [3.8, 4) is 11.3 Å². The number of hydrogen-bond acceptors (Lipinski definition) is 2. The first-order valence-electron chi connectivity index (χ1n) is 6.28. The second-order valence-electron chi connectivity index (χ2n) is 4.84. The summed E-state index contributed by atoms with van der Waals surface area (Å²) >= 11 is 0. The molecule has 0 saturated carbocycles. The van der Waals surface area contributed by atoms with Gasteiger partial charge in [0.15, 0.2) is 0 Å². The zero-order chi connectivity index (χ0) is 14.9. The highest BCUT2D eigenvalue weighted by atomic mass is 19.4. The minimum atomic E-state index is -4.33. The zero-order valence-electron chi connectivity index (χ0n) is 11.3. The molecule has 0 fully saturated rings. The number of alkyl halides is 3. The first-order valence-corrected chi connectivity index (χ1v) is 6.28. The maximum absolute atomic E-state index is 12.6. The van der Waals surface area contributed by atoms with Crippen LogP contribution in [0.3, 0.4) is 0 Å². The molecular weight excluding hydrogens is 267 g/mol. The van der Waals surface area contributed by atoms with Crippen molar-refractivity contribution in [3.63, 3.8) is 0 Å². The Morgan fingerprint density at radius 2 is 1.80 bits per heavy atom. The fraction of sp³-hybridized carbons (Fsp3) is 0.357. The molecule has 6 heteroatoms. The summed E-state index contributed by atoms with van der Waals surface area (Å²) in [6.07, 6.45) is -2.67. The molecule has 1 aromatic carbocycles. The van der Waals surface area contributed by atoms with Gasteiger partial charge in [-0.25, -0.2) is 0 Å². The first-order chi connectivity index (χ1) is 9.34. The van der Waals surface area contributed by atoms with E-state index in [1.54, 1.807) is 10.9 Å². The number of rotatable bonds is 3. The van der Waals surface area contributed by atoms with Crippen molar-refractivity contribution < 1.29 is 13.2 Å². The lowest BCUT2D eigenvalue weighted by molar-refractivity contribution is -0.137. The molecule has 0 spiro atoms. The Kier molecular flexibility index (Phi) is 3.85. The quantitative estimate of drug-likeness (QED) is 0.935. The Morgan fingerprint density at radius 3 is 2.25 bits per heavy atom. The third-order valence-electron chi connectivity index (χ3n) is 3.07. The predicted octanol–water partition coefficient (Wildman–Crippen LogP) is 3.61. The molecule has 0 bridgehead atoms. The van der Waals surface area contributed by atoms with Crippen molar-refractivity contribution in [2.45, 2.75) is 32.6 Å². The molecule has 2 N–H and O–H groups in total. The van der Waals surface area contributed by atoms with Crippen molar-refractivity contribution >= 4 is 0 Å². The molecule has 0 radical (unpaired) electrons. The van der Waals surface area contributed by atoms with Crippen LogP contribution >= 0.6 is 0 Å². The van der Waals surface area contributed by atoms with Gasteiger partial charge in [0.05, 0.1) is 17.5 Å². The molecule has 0 aliphatic rings. The zero-order valence-corrected chi connectivity index (χ0v) is 11.3. The Hall–Kier alpha value is -1.82. The van der Waals surface area contributed by atoms with Gasteiger partial charge in [0.25, 0.3) is 0 Å². The summed E-state index contributed by atoms with van der Waals surface area (Å²) in [5.41, 5.74) is 7.28. The predicted molar refractivity (Wildman–Crippen MR) is 70.9 cm³/mol. The van der Waals surface area contributed by atoms with Gasteiger partial charge in [-0.3, -0.25) is 4.68 Å². The Balaban J connectivity index is 2.49. The second kappa shape index (κ2) is 5.28. The average Bonchev–Trinajstić information content (AvgIpc) is 2.81. The van der Waals surface area contributed by atoms with Gasteiger partial charge in [-0.15, -0.1) is 0 Å². The van der Waals surface area contributed by atoms with Crippen LogP contribution in [0.25, 0.3) is 11.3 Å². The lowest BCUT2D eigenvalue weighted by Gasteiger charge is -2.13. The monoisotopic (exact) mass is 283 g/mol. The summed E-state index contributed by atoms with van der Waals surface area (Å²) in [6, 6.07) is 5.17. The number of hydrogen-bond donors (Lipinski definition) is 1. The van der Waals surface area contributed by atoms with E-state index >= 15 is 0 Å². The van der Waals surface area contributed by atoms with Crippen molar-refractivity contribution in [1.29, 1.82) is 0 Å². The van der Waals surface area contributed by atoms with Crippen LogP contribution in [0, 0.1) is 0 Å². The van der Waals surface area contributed by atoms with E-state index in [0.717, 1.165) is 23.4 Å². The second-order valence-corrected chi connectivity index (χ2v) is 4.84. The molecule has 2 rings (SSSR count). The van der Waals surface area contributed by atoms with Crippen LogP contribution in [0.5, 0.6) is 0 Å². The van der Waals surface area contributed by atoms with Gasteiger partial charge in [0, 0.05) is 23.7 Å². The van der Waals surface area contributed by atoms with E-state index in [1.165, 1.54) is 12.1 Å². The van der Waals surface area contributed by atoms with E-state index in [2.05, 4.69) is 5.10 Å². The van der Waals surface area contributed by atoms with E-state index < -0.39 is 11.7 Å². The van der Waals surface area contributed by atoms with Crippen molar-refractivity contribution in [2.24, 2.45) is 5.73 Å². The van der Waals surface area contributed by atoms with E-state index in [4.69, 9.17) is 5.73 Å². The molecule has 1 aromatic heterocycles. The van der Waals surface area contributed by atoms with Gasteiger partial charge in [0.2, 0.25) is 0 Å².